The molecule has 1 saturated carbocycles. The summed E-state index contributed by atoms with van der Waals surface area (Å²) in [4.78, 5) is 32.6. The van der Waals surface area contributed by atoms with E-state index in [4.69, 9.17) is 11.6 Å². The maximum atomic E-state index is 15.5. The molecule has 1 unspecified atom stereocenters. The van der Waals surface area contributed by atoms with Gasteiger partial charge in [-0.25, -0.2) is 13.8 Å². The van der Waals surface area contributed by atoms with E-state index in [-0.39, 0.29) is 29.5 Å². The number of aromatic amines is 1. The normalized spacial score (nSPS) is 18.4. The molecule has 3 heterocycles. The molecule has 4 aromatic rings. The molecule has 5 rings (SSSR count). The molecule has 1 aliphatic carbocycles. The fourth-order valence-electron chi connectivity index (χ4n) is 4.18. The molecule has 0 aliphatic heterocycles. The van der Waals surface area contributed by atoms with Crippen LogP contribution in [0.3, 0.4) is 0 Å². The molecule has 0 spiro atoms. The van der Waals surface area contributed by atoms with Gasteiger partial charge in [-0.15, -0.1) is 0 Å². The van der Waals surface area contributed by atoms with Gasteiger partial charge in [-0.05, 0) is 12.3 Å². The van der Waals surface area contributed by atoms with Crippen LogP contribution >= 0.6 is 11.6 Å². The van der Waals surface area contributed by atoms with E-state index < -0.39 is 29.7 Å². The van der Waals surface area contributed by atoms with Gasteiger partial charge >= 0.3 is 0 Å². The standard InChI is InChI=1S/C23H21ClF2N6O2/c1-3-11(33)4-10(2)18-21(26)20(24)19(13-6-28-31-22(13)18)15-8-32-9-16(29-17(32)7-27-15)30-23(34)12-5-14(12)25/h6-10,12,14H,3-5H2,1-2H3,(H,28,31)(H,30,34)/t10?,12-,14+/m1/s1. The number of Topliss-reactive ketones (excluding diaryl/α,β-unsaturated/α-hetero) is 1. The molecule has 3 aromatic heterocycles. The molecular weight excluding hydrogens is 466 g/mol. The third-order valence-corrected chi connectivity index (χ3v) is 6.50. The van der Waals surface area contributed by atoms with Gasteiger partial charge in [-0.3, -0.25) is 19.7 Å². The Bertz CT molecular complexity index is 1450. The maximum Gasteiger partial charge on any atom is 0.231 e. The lowest BCUT2D eigenvalue weighted by atomic mass is 9.90. The molecule has 11 heteroatoms. The number of carbonyl (C=O) groups is 2. The van der Waals surface area contributed by atoms with Crippen LogP contribution in [0.1, 0.15) is 44.6 Å². The minimum Gasteiger partial charge on any atom is -0.309 e. The Hall–Kier alpha value is -3.40. The molecule has 0 saturated heterocycles. The summed E-state index contributed by atoms with van der Waals surface area (Å²) in [7, 11) is 0. The van der Waals surface area contributed by atoms with Gasteiger partial charge in [0.25, 0.3) is 0 Å². The van der Waals surface area contributed by atoms with Crippen LogP contribution in [-0.2, 0) is 9.59 Å². The van der Waals surface area contributed by atoms with Crippen LogP contribution < -0.4 is 5.32 Å². The van der Waals surface area contributed by atoms with E-state index in [1.807, 2.05) is 0 Å². The fourth-order valence-corrected chi connectivity index (χ4v) is 4.48. The number of hydrogen-bond acceptors (Lipinski definition) is 5. The molecule has 3 atom stereocenters. The summed E-state index contributed by atoms with van der Waals surface area (Å²) in [5.74, 6) is -1.79. The Balaban J connectivity index is 1.55. The van der Waals surface area contributed by atoms with Gasteiger partial charge in [-0.1, -0.05) is 25.4 Å². The molecule has 2 N–H and O–H groups in total. The van der Waals surface area contributed by atoms with Gasteiger partial charge in [0, 0.05) is 35.6 Å². The lowest BCUT2D eigenvalue weighted by Gasteiger charge is -2.16. The Kier molecular flexibility index (Phi) is 5.55. The number of nitrogens with zero attached hydrogens (tertiary/aromatic N) is 4. The quantitative estimate of drug-likeness (QED) is 0.389. The van der Waals surface area contributed by atoms with Crippen molar-refractivity contribution in [1.82, 2.24) is 24.6 Å². The number of hydrogen-bond donors (Lipinski definition) is 2. The summed E-state index contributed by atoms with van der Waals surface area (Å²) in [6.45, 7) is 3.55. The third-order valence-electron chi connectivity index (χ3n) is 6.15. The van der Waals surface area contributed by atoms with Crippen molar-refractivity contribution in [3.63, 3.8) is 0 Å². The first kappa shape index (κ1) is 22.4. The number of H-pyrrole nitrogens is 1. The Morgan fingerprint density at radius 3 is 2.82 bits per heavy atom. The second kappa shape index (κ2) is 8.43. The number of fused-ring (bicyclic) bond motifs is 2. The number of imidazole rings is 1. The molecule has 8 nitrogen and oxygen atoms in total. The van der Waals surface area contributed by atoms with Gasteiger partial charge in [-0.2, -0.15) is 5.10 Å². The maximum absolute atomic E-state index is 15.5. The van der Waals surface area contributed by atoms with Crippen molar-refractivity contribution in [2.24, 2.45) is 5.92 Å². The Labute approximate surface area is 197 Å². The first-order chi connectivity index (χ1) is 16.3. The van der Waals surface area contributed by atoms with E-state index in [1.54, 1.807) is 36.8 Å². The number of rotatable bonds is 7. The molecule has 176 valence electrons. The molecule has 1 amide bonds. The summed E-state index contributed by atoms with van der Waals surface area (Å²) in [5, 5.41) is 9.97. The number of benzene rings is 1. The molecular formula is C23H21ClF2N6O2. The van der Waals surface area contributed by atoms with Crippen molar-refractivity contribution in [3.8, 4) is 11.3 Å². The number of ketones is 1. The van der Waals surface area contributed by atoms with E-state index in [1.165, 1.54) is 6.20 Å². The second-order valence-electron chi connectivity index (χ2n) is 8.58. The summed E-state index contributed by atoms with van der Waals surface area (Å²) >= 11 is 6.50. The summed E-state index contributed by atoms with van der Waals surface area (Å²) in [6, 6.07) is 0. The number of amides is 1. The summed E-state index contributed by atoms with van der Waals surface area (Å²) in [5.41, 5.74) is 1.92. The van der Waals surface area contributed by atoms with Crippen LogP contribution in [0, 0.1) is 11.7 Å². The number of alkyl halides is 1. The van der Waals surface area contributed by atoms with Crippen molar-refractivity contribution in [2.45, 2.75) is 45.2 Å². The third kappa shape index (κ3) is 3.81. The lowest BCUT2D eigenvalue weighted by molar-refractivity contribution is -0.119. The van der Waals surface area contributed by atoms with Crippen molar-refractivity contribution < 1.29 is 18.4 Å². The fraction of sp³-hybridized carbons (Fsp3) is 0.348. The van der Waals surface area contributed by atoms with Crippen LogP contribution in [0.5, 0.6) is 0 Å². The highest BCUT2D eigenvalue weighted by Crippen LogP contribution is 2.41. The van der Waals surface area contributed by atoms with Gasteiger partial charge in [0.1, 0.15) is 17.8 Å². The minimum atomic E-state index is -1.11. The van der Waals surface area contributed by atoms with Gasteiger partial charge in [0.05, 0.1) is 40.7 Å². The molecule has 0 bridgehead atoms. The van der Waals surface area contributed by atoms with Crippen molar-refractivity contribution >= 4 is 45.7 Å². The first-order valence-corrected chi connectivity index (χ1v) is 11.3. The zero-order chi connectivity index (χ0) is 24.1. The lowest BCUT2D eigenvalue weighted by Crippen LogP contribution is -2.15. The van der Waals surface area contributed by atoms with Gasteiger partial charge in [0.2, 0.25) is 5.91 Å². The molecule has 34 heavy (non-hydrogen) atoms. The molecule has 1 aliphatic rings. The van der Waals surface area contributed by atoms with Crippen LogP contribution in [0.15, 0.2) is 24.8 Å². The van der Waals surface area contributed by atoms with Crippen molar-refractivity contribution in [2.75, 3.05) is 5.32 Å². The monoisotopic (exact) mass is 486 g/mol. The SMILES string of the molecule is CCC(=O)CC(C)c1c(F)c(Cl)c(-c2cn3cc(NC(=O)[C@@H]4C[C@@H]4F)nc3cn2)c2cn[nH]c12. The topological polar surface area (TPSA) is 105 Å². The van der Waals surface area contributed by atoms with E-state index in [0.29, 0.717) is 39.8 Å². The second-order valence-corrected chi connectivity index (χ2v) is 8.96. The summed E-state index contributed by atoms with van der Waals surface area (Å²) in [6.07, 6.45) is 5.87. The highest BCUT2D eigenvalue weighted by molar-refractivity contribution is 6.35. The minimum absolute atomic E-state index is 0.0265. The smallest absolute Gasteiger partial charge is 0.231 e. The summed E-state index contributed by atoms with van der Waals surface area (Å²) < 4.78 is 30.3. The molecule has 0 radical (unpaired) electrons. The highest BCUT2D eigenvalue weighted by Gasteiger charge is 2.43. The average molecular weight is 487 g/mol. The van der Waals surface area contributed by atoms with E-state index in [9.17, 15) is 14.0 Å². The largest absolute Gasteiger partial charge is 0.309 e. The van der Waals surface area contributed by atoms with E-state index in [0.717, 1.165) is 0 Å². The van der Waals surface area contributed by atoms with Crippen molar-refractivity contribution in [1.29, 1.82) is 0 Å². The number of halogens is 3. The van der Waals surface area contributed by atoms with E-state index in [2.05, 4.69) is 25.5 Å². The number of aromatic nitrogens is 5. The van der Waals surface area contributed by atoms with Crippen LogP contribution in [0.4, 0.5) is 14.6 Å². The predicted molar refractivity (Wildman–Crippen MR) is 123 cm³/mol. The Morgan fingerprint density at radius 2 is 2.12 bits per heavy atom. The number of nitrogens with one attached hydrogen (secondary N) is 2. The van der Waals surface area contributed by atoms with Crippen LogP contribution in [-0.4, -0.2) is 42.4 Å². The van der Waals surface area contributed by atoms with Crippen LogP contribution in [0.2, 0.25) is 5.02 Å². The number of carbonyl (C=O) groups excluding carboxylic acids is 2. The molecule has 1 fully saturated rings. The highest BCUT2D eigenvalue weighted by atomic mass is 35.5. The molecule has 1 aromatic carbocycles. The average Bonchev–Trinajstić information content (AvgIpc) is 3.17. The van der Waals surface area contributed by atoms with Crippen LogP contribution in [0.25, 0.3) is 27.8 Å². The zero-order valence-electron chi connectivity index (χ0n) is 18.4. The van der Waals surface area contributed by atoms with E-state index >= 15 is 4.39 Å². The van der Waals surface area contributed by atoms with Gasteiger partial charge in [0.15, 0.2) is 11.5 Å². The zero-order valence-corrected chi connectivity index (χ0v) is 19.2. The number of anilines is 1. The van der Waals surface area contributed by atoms with Crippen molar-refractivity contribution in [3.05, 3.63) is 41.2 Å². The predicted octanol–water partition coefficient (Wildman–Crippen LogP) is 4.83. The van der Waals surface area contributed by atoms with Gasteiger partial charge < -0.3 is 9.72 Å². The first-order valence-electron chi connectivity index (χ1n) is 10.9. The Morgan fingerprint density at radius 1 is 1.35 bits per heavy atom.